The number of ether oxygens (including phenoxy) is 1. The van der Waals surface area contributed by atoms with E-state index in [-0.39, 0.29) is 7.43 Å². The van der Waals surface area contributed by atoms with Crippen LogP contribution in [0.3, 0.4) is 0 Å². The van der Waals surface area contributed by atoms with Gasteiger partial charge in [-0.05, 0) is 52.7 Å². The summed E-state index contributed by atoms with van der Waals surface area (Å²) < 4.78 is 5.82. The quantitative estimate of drug-likeness (QED) is 0.491. The molecule has 6 nitrogen and oxygen atoms in total. The summed E-state index contributed by atoms with van der Waals surface area (Å²) in [7, 11) is 0. The molecule has 0 radical (unpaired) electrons. The standard InChI is InChI=1S/C21H19N5O.CH4/c1-2-4-17(5-3-1)15-27-20-12-6-16(7-13-20)14-22-19-10-8-18(9-11-19)21-23-25-26-24-21;/h1-13,22H,14-15H2,(H,23,24,25,26);1H4. The van der Waals surface area contributed by atoms with Gasteiger partial charge in [-0.1, -0.05) is 49.9 Å². The van der Waals surface area contributed by atoms with E-state index in [9.17, 15) is 0 Å². The summed E-state index contributed by atoms with van der Waals surface area (Å²) in [5.41, 5.74) is 4.30. The highest BCUT2D eigenvalue weighted by molar-refractivity contribution is 5.59. The van der Waals surface area contributed by atoms with E-state index in [0.29, 0.717) is 12.4 Å². The molecule has 0 aliphatic carbocycles. The highest BCUT2D eigenvalue weighted by atomic mass is 16.5. The van der Waals surface area contributed by atoms with Gasteiger partial charge in [-0.25, -0.2) is 0 Å². The molecule has 28 heavy (non-hydrogen) atoms. The van der Waals surface area contributed by atoms with Crippen molar-refractivity contribution in [1.82, 2.24) is 20.6 Å². The zero-order valence-corrected chi connectivity index (χ0v) is 14.7. The average Bonchev–Trinajstić information content (AvgIpc) is 3.28. The van der Waals surface area contributed by atoms with Gasteiger partial charge in [-0.3, -0.25) is 0 Å². The van der Waals surface area contributed by atoms with Gasteiger partial charge in [0.1, 0.15) is 12.4 Å². The number of nitrogens with one attached hydrogen (secondary N) is 2. The minimum atomic E-state index is 0. The summed E-state index contributed by atoms with van der Waals surface area (Å²) in [5, 5.41) is 17.4. The first-order valence-corrected chi connectivity index (χ1v) is 8.70. The van der Waals surface area contributed by atoms with E-state index in [1.54, 1.807) is 0 Å². The summed E-state index contributed by atoms with van der Waals surface area (Å²) in [4.78, 5) is 0. The highest BCUT2D eigenvalue weighted by Crippen LogP contribution is 2.18. The third kappa shape index (κ3) is 4.94. The van der Waals surface area contributed by atoms with Crippen LogP contribution in [-0.2, 0) is 13.2 Å². The topological polar surface area (TPSA) is 75.7 Å². The zero-order valence-electron chi connectivity index (χ0n) is 14.7. The molecule has 6 heteroatoms. The van der Waals surface area contributed by atoms with Crippen LogP contribution >= 0.6 is 0 Å². The Morgan fingerprint density at radius 3 is 2.25 bits per heavy atom. The second-order valence-corrected chi connectivity index (χ2v) is 6.08. The fourth-order valence-electron chi connectivity index (χ4n) is 2.67. The van der Waals surface area contributed by atoms with Crippen LogP contribution in [0.15, 0.2) is 78.9 Å². The molecular formula is C22H23N5O. The number of rotatable bonds is 7. The van der Waals surface area contributed by atoms with Crippen LogP contribution in [0.4, 0.5) is 5.69 Å². The Kier molecular flexibility index (Phi) is 6.36. The minimum Gasteiger partial charge on any atom is -0.489 e. The first-order chi connectivity index (χ1) is 13.4. The molecule has 0 unspecified atom stereocenters. The summed E-state index contributed by atoms with van der Waals surface area (Å²) in [6.45, 7) is 1.31. The molecule has 0 aliphatic rings. The first kappa shape index (κ1) is 19.1. The average molecular weight is 373 g/mol. The number of hydrogen-bond donors (Lipinski definition) is 2. The number of H-pyrrole nitrogens is 1. The second kappa shape index (κ2) is 9.32. The molecule has 0 saturated carbocycles. The molecule has 0 aliphatic heterocycles. The number of nitrogens with zero attached hydrogens (tertiary/aromatic N) is 3. The molecule has 2 N–H and O–H groups in total. The van der Waals surface area contributed by atoms with E-state index in [1.807, 2.05) is 54.6 Å². The van der Waals surface area contributed by atoms with Crippen LogP contribution in [0.1, 0.15) is 18.6 Å². The molecule has 4 rings (SSSR count). The van der Waals surface area contributed by atoms with Gasteiger partial charge in [0.25, 0.3) is 0 Å². The van der Waals surface area contributed by atoms with Gasteiger partial charge in [-0.15, -0.1) is 10.2 Å². The summed E-state index contributed by atoms with van der Waals surface area (Å²) >= 11 is 0. The highest BCUT2D eigenvalue weighted by Gasteiger charge is 2.02. The van der Waals surface area contributed by atoms with Gasteiger partial charge in [-0.2, -0.15) is 5.21 Å². The lowest BCUT2D eigenvalue weighted by molar-refractivity contribution is 0.306. The van der Waals surface area contributed by atoms with Gasteiger partial charge in [0.2, 0.25) is 5.82 Å². The molecule has 1 heterocycles. The Morgan fingerprint density at radius 2 is 1.57 bits per heavy atom. The molecule has 0 fully saturated rings. The van der Waals surface area contributed by atoms with Gasteiger partial charge in [0.15, 0.2) is 0 Å². The van der Waals surface area contributed by atoms with Crippen molar-refractivity contribution in [1.29, 1.82) is 0 Å². The van der Waals surface area contributed by atoms with Crippen molar-refractivity contribution in [2.75, 3.05) is 5.32 Å². The van der Waals surface area contributed by atoms with E-state index in [1.165, 1.54) is 5.56 Å². The maximum atomic E-state index is 5.82. The van der Waals surface area contributed by atoms with Crippen molar-refractivity contribution in [2.24, 2.45) is 0 Å². The predicted octanol–water partition coefficient (Wildman–Crippen LogP) is 4.69. The minimum absolute atomic E-state index is 0. The third-order valence-corrected chi connectivity index (χ3v) is 4.16. The molecular weight excluding hydrogens is 350 g/mol. The van der Waals surface area contributed by atoms with Gasteiger partial charge >= 0.3 is 0 Å². The number of tetrazole rings is 1. The Bertz CT molecular complexity index is 952. The van der Waals surface area contributed by atoms with Gasteiger partial charge < -0.3 is 10.1 Å². The SMILES string of the molecule is C.c1ccc(COc2ccc(CNc3ccc(-c4nn[nH]n4)cc3)cc2)cc1. The van der Waals surface area contributed by atoms with E-state index < -0.39 is 0 Å². The van der Waals surface area contributed by atoms with E-state index in [4.69, 9.17) is 4.74 Å². The summed E-state index contributed by atoms with van der Waals surface area (Å²) in [6.07, 6.45) is 0. The maximum Gasteiger partial charge on any atom is 0.204 e. The van der Waals surface area contributed by atoms with E-state index >= 15 is 0 Å². The number of hydrogen-bond acceptors (Lipinski definition) is 5. The van der Waals surface area contributed by atoms with Crippen LogP contribution in [-0.4, -0.2) is 20.6 Å². The smallest absolute Gasteiger partial charge is 0.204 e. The van der Waals surface area contributed by atoms with Crippen molar-refractivity contribution in [3.8, 4) is 17.1 Å². The Balaban J connectivity index is 0.00000225. The molecule has 0 spiro atoms. The van der Waals surface area contributed by atoms with Crippen LogP contribution in [0, 0.1) is 0 Å². The predicted molar refractivity (Wildman–Crippen MR) is 111 cm³/mol. The molecule has 4 aromatic rings. The number of benzene rings is 3. The second-order valence-electron chi connectivity index (χ2n) is 6.08. The van der Waals surface area contributed by atoms with Gasteiger partial charge in [0, 0.05) is 17.8 Å². The summed E-state index contributed by atoms with van der Waals surface area (Å²) in [5.74, 6) is 1.46. The number of anilines is 1. The van der Waals surface area contributed by atoms with Crippen molar-refractivity contribution in [3.63, 3.8) is 0 Å². The van der Waals surface area contributed by atoms with Gasteiger partial charge in [0.05, 0.1) is 0 Å². The number of aromatic amines is 1. The van der Waals surface area contributed by atoms with Crippen molar-refractivity contribution >= 4 is 5.69 Å². The normalized spacial score (nSPS) is 10.1. The molecule has 0 saturated heterocycles. The van der Waals surface area contributed by atoms with Crippen LogP contribution in [0.2, 0.25) is 0 Å². The van der Waals surface area contributed by atoms with E-state index in [2.05, 4.69) is 50.2 Å². The Labute approximate surface area is 164 Å². The third-order valence-electron chi connectivity index (χ3n) is 4.16. The van der Waals surface area contributed by atoms with Crippen molar-refractivity contribution in [3.05, 3.63) is 90.0 Å². The largest absolute Gasteiger partial charge is 0.489 e. The molecule has 0 atom stereocenters. The zero-order chi connectivity index (χ0) is 18.3. The molecule has 0 amide bonds. The van der Waals surface area contributed by atoms with E-state index in [0.717, 1.165) is 29.1 Å². The maximum absolute atomic E-state index is 5.82. The Hall–Kier alpha value is -3.67. The van der Waals surface area contributed by atoms with Crippen LogP contribution in [0.25, 0.3) is 11.4 Å². The Morgan fingerprint density at radius 1 is 0.821 bits per heavy atom. The lowest BCUT2D eigenvalue weighted by Gasteiger charge is -2.09. The fourth-order valence-corrected chi connectivity index (χ4v) is 2.67. The van der Waals surface area contributed by atoms with Crippen LogP contribution in [0.5, 0.6) is 5.75 Å². The van der Waals surface area contributed by atoms with Crippen LogP contribution < -0.4 is 10.1 Å². The first-order valence-electron chi connectivity index (χ1n) is 8.70. The summed E-state index contributed by atoms with van der Waals surface area (Å²) in [6, 6.07) is 26.2. The molecule has 0 bridgehead atoms. The fraction of sp³-hybridized carbons (Fsp3) is 0.136. The lowest BCUT2D eigenvalue weighted by Crippen LogP contribution is -2.00. The number of aromatic nitrogens is 4. The van der Waals surface area contributed by atoms with Crippen molar-refractivity contribution < 1.29 is 4.74 Å². The molecule has 142 valence electrons. The van der Waals surface area contributed by atoms with Crippen molar-refractivity contribution in [2.45, 2.75) is 20.6 Å². The lowest BCUT2D eigenvalue weighted by atomic mass is 10.2. The molecule has 1 aromatic heterocycles. The molecule has 3 aromatic carbocycles. The monoisotopic (exact) mass is 373 g/mol.